The van der Waals surface area contributed by atoms with Gasteiger partial charge in [0.05, 0.1) is 18.1 Å². The molecule has 2 rings (SSSR count). The highest BCUT2D eigenvalue weighted by molar-refractivity contribution is 7.11. The number of aliphatic imine (C=N–C) groups is 1. The number of hydrogen-bond acceptors (Lipinski definition) is 4. The standard InChI is InChI=1S/C16H19F3N4OS/c1-3-20-15(23-10-13-9-21-11(2)25-13)22-8-12-6-4-5-7-14(12)24-16(17,18)19/h4-7,9H,3,8,10H2,1-2H3,(H2,20,22,23). The minimum Gasteiger partial charge on any atom is -0.405 e. The van der Waals surface area contributed by atoms with Crippen LogP contribution in [0, 0.1) is 6.92 Å². The smallest absolute Gasteiger partial charge is 0.405 e. The molecule has 25 heavy (non-hydrogen) atoms. The third kappa shape index (κ3) is 6.61. The number of nitrogens with one attached hydrogen (secondary N) is 2. The molecular formula is C16H19F3N4OS. The Balaban J connectivity index is 2.05. The first-order chi connectivity index (χ1) is 11.9. The summed E-state index contributed by atoms with van der Waals surface area (Å²) in [5.74, 6) is 0.267. The number of halogens is 3. The van der Waals surface area contributed by atoms with E-state index in [2.05, 4.69) is 25.3 Å². The van der Waals surface area contributed by atoms with E-state index in [1.807, 2.05) is 13.8 Å². The molecule has 1 heterocycles. The summed E-state index contributed by atoms with van der Waals surface area (Å²) in [6, 6.07) is 5.97. The van der Waals surface area contributed by atoms with Crippen molar-refractivity contribution in [3.63, 3.8) is 0 Å². The highest BCUT2D eigenvalue weighted by atomic mass is 32.1. The van der Waals surface area contributed by atoms with Crippen molar-refractivity contribution in [3.8, 4) is 5.75 Å². The molecule has 1 aromatic heterocycles. The molecule has 0 fully saturated rings. The van der Waals surface area contributed by atoms with E-state index in [1.165, 1.54) is 12.1 Å². The van der Waals surface area contributed by atoms with E-state index in [9.17, 15) is 13.2 Å². The third-order valence-electron chi connectivity index (χ3n) is 3.05. The van der Waals surface area contributed by atoms with Gasteiger partial charge in [0.1, 0.15) is 5.75 Å². The van der Waals surface area contributed by atoms with Crippen LogP contribution in [0.4, 0.5) is 13.2 Å². The number of guanidine groups is 1. The SMILES string of the molecule is CCNC(=NCc1ccccc1OC(F)(F)F)NCc1cnc(C)s1. The highest BCUT2D eigenvalue weighted by Gasteiger charge is 2.31. The monoisotopic (exact) mass is 372 g/mol. The molecule has 0 amide bonds. The summed E-state index contributed by atoms with van der Waals surface area (Å²) >= 11 is 1.57. The molecule has 1 aromatic carbocycles. The van der Waals surface area contributed by atoms with Gasteiger partial charge in [0.2, 0.25) is 0 Å². The second kappa shape index (κ2) is 8.70. The van der Waals surface area contributed by atoms with Crippen molar-refractivity contribution in [3.05, 3.63) is 45.9 Å². The molecule has 0 spiro atoms. The fourth-order valence-corrected chi connectivity index (χ4v) is 2.76. The van der Waals surface area contributed by atoms with Crippen LogP contribution in [0.15, 0.2) is 35.5 Å². The molecule has 0 saturated heterocycles. The predicted molar refractivity (Wildman–Crippen MR) is 91.6 cm³/mol. The topological polar surface area (TPSA) is 58.5 Å². The maximum Gasteiger partial charge on any atom is 0.573 e. The summed E-state index contributed by atoms with van der Waals surface area (Å²) in [5, 5.41) is 7.16. The van der Waals surface area contributed by atoms with Gasteiger partial charge in [-0.15, -0.1) is 24.5 Å². The second-order valence-corrected chi connectivity index (χ2v) is 6.37. The molecule has 5 nitrogen and oxygen atoms in total. The molecular weight excluding hydrogens is 353 g/mol. The lowest BCUT2D eigenvalue weighted by Gasteiger charge is -2.13. The summed E-state index contributed by atoms with van der Waals surface area (Å²) in [5.41, 5.74) is 0.352. The van der Waals surface area contributed by atoms with Gasteiger partial charge in [-0.2, -0.15) is 0 Å². The molecule has 0 saturated carbocycles. The van der Waals surface area contributed by atoms with Crippen molar-refractivity contribution >= 4 is 17.3 Å². The summed E-state index contributed by atoms with van der Waals surface area (Å²) in [6.45, 7) is 5.06. The Labute approximate surface area is 148 Å². The van der Waals surface area contributed by atoms with Gasteiger partial charge in [-0.3, -0.25) is 0 Å². The summed E-state index contributed by atoms with van der Waals surface area (Å²) in [4.78, 5) is 9.55. The third-order valence-corrected chi connectivity index (χ3v) is 3.96. The van der Waals surface area contributed by atoms with Crippen molar-refractivity contribution in [2.75, 3.05) is 6.54 Å². The minimum atomic E-state index is -4.73. The van der Waals surface area contributed by atoms with E-state index in [4.69, 9.17) is 0 Å². The number of alkyl halides is 3. The zero-order valence-corrected chi connectivity index (χ0v) is 14.7. The van der Waals surface area contributed by atoms with Crippen LogP contribution in [0.5, 0.6) is 5.75 Å². The van der Waals surface area contributed by atoms with Crippen LogP contribution in [0.2, 0.25) is 0 Å². The summed E-state index contributed by atoms with van der Waals surface area (Å²) in [7, 11) is 0. The molecule has 0 aliphatic rings. The number of hydrogen-bond donors (Lipinski definition) is 2. The maximum atomic E-state index is 12.5. The van der Waals surface area contributed by atoms with Crippen LogP contribution >= 0.6 is 11.3 Å². The van der Waals surface area contributed by atoms with E-state index in [0.29, 0.717) is 24.6 Å². The van der Waals surface area contributed by atoms with Crippen molar-refractivity contribution in [1.29, 1.82) is 0 Å². The Morgan fingerprint density at radius 1 is 1.28 bits per heavy atom. The Bertz CT molecular complexity index is 715. The van der Waals surface area contributed by atoms with E-state index in [-0.39, 0.29) is 12.3 Å². The molecule has 0 aliphatic carbocycles. The average molecular weight is 372 g/mol. The second-order valence-electron chi connectivity index (χ2n) is 5.05. The lowest BCUT2D eigenvalue weighted by molar-refractivity contribution is -0.274. The quantitative estimate of drug-likeness (QED) is 0.601. The first kappa shape index (κ1) is 19.0. The van der Waals surface area contributed by atoms with Crippen LogP contribution in [-0.4, -0.2) is 23.9 Å². The Hall–Kier alpha value is -2.29. The Morgan fingerprint density at radius 2 is 2.04 bits per heavy atom. The number of benzene rings is 1. The van der Waals surface area contributed by atoms with Crippen LogP contribution < -0.4 is 15.4 Å². The molecule has 0 bridgehead atoms. The average Bonchev–Trinajstić information content (AvgIpc) is 2.95. The Morgan fingerprint density at radius 3 is 2.68 bits per heavy atom. The van der Waals surface area contributed by atoms with Crippen LogP contribution in [0.25, 0.3) is 0 Å². The Kier molecular flexibility index (Phi) is 6.63. The first-order valence-electron chi connectivity index (χ1n) is 7.64. The van der Waals surface area contributed by atoms with Gasteiger partial charge in [0.25, 0.3) is 0 Å². The zero-order valence-electron chi connectivity index (χ0n) is 13.9. The van der Waals surface area contributed by atoms with Gasteiger partial charge in [-0.05, 0) is 19.9 Å². The van der Waals surface area contributed by atoms with E-state index >= 15 is 0 Å². The fourth-order valence-electron chi connectivity index (χ4n) is 2.02. The van der Waals surface area contributed by atoms with Gasteiger partial charge in [0.15, 0.2) is 5.96 Å². The summed E-state index contributed by atoms with van der Waals surface area (Å²) < 4.78 is 41.4. The van der Waals surface area contributed by atoms with Crippen molar-refractivity contribution in [2.24, 2.45) is 4.99 Å². The molecule has 9 heteroatoms. The molecule has 0 atom stereocenters. The van der Waals surface area contributed by atoms with Crippen molar-refractivity contribution < 1.29 is 17.9 Å². The van der Waals surface area contributed by atoms with Gasteiger partial charge in [0, 0.05) is 23.2 Å². The highest BCUT2D eigenvalue weighted by Crippen LogP contribution is 2.26. The van der Waals surface area contributed by atoms with Gasteiger partial charge < -0.3 is 15.4 Å². The number of para-hydroxylation sites is 1. The van der Waals surface area contributed by atoms with Gasteiger partial charge >= 0.3 is 6.36 Å². The molecule has 136 valence electrons. The number of nitrogens with zero attached hydrogens (tertiary/aromatic N) is 2. The van der Waals surface area contributed by atoms with E-state index < -0.39 is 6.36 Å². The molecule has 2 N–H and O–H groups in total. The van der Waals surface area contributed by atoms with Crippen LogP contribution in [0.1, 0.15) is 22.4 Å². The lowest BCUT2D eigenvalue weighted by atomic mass is 10.2. The first-order valence-corrected chi connectivity index (χ1v) is 8.46. The fraction of sp³-hybridized carbons (Fsp3) is 0.375. The number of ether oxygens (including phenoxy) is 1. The molecule has 0 aliphatic heterocycles. The zero-order chi connectivity index (χ0) is 18.3. The van der Waals surface area contributed by atoms with Crippen molar-refractivity contribution in [1.82, 2.24) is 15.6 Å². The number of aryl methyl sites for hydroxylation is 1. The van der Waals surface area contributed by atoms with E-state index in [1.54, 1.807) is 29.7 Å². The largest absolute Gasteiger partial charge is 0.573 e. The lowest BCUT2D eigenvalue weighted by Crippen LogP contribution is -2.36. The summed E-state index contributed by atoms with van der Waals surface area (Å²) in [6.07, 6.45) is -2.95. The predicted octanol–water partition coefficient (Wildman–Crippen LogP) is 3.61. The molecule has 2 aromatic rings. The molecule has 0 unspecified atom stereocenters. The van der Waals surface area contributed by atoms with Crippen LogP contribution in [-0.2, 0) is 13.1 Å². The van der Waals surface area contributed by atoms with Crippen molar-refractivity contribution in [2.45, 2.75) is 33.3 Å². The number of rotatable bonds is 6. The normalized spacial score (nSPS) is 12.1. The van der Waals surface area contributed by atoms with Gasteiger partial charge in [-0.25, -0.2) is 9.98 Å². The molecule has 0 radical (unpaired) electrons. The number of thiazole rings is 1. The van der Waals surface area contributed by atoms with E-state index in [0.717, 1.165) is 9.88 Å². The van der Waals surface area contributed by atoms with Crippen LogP contribution in [0.3, 0.4) is 0 Å². The number of aromatic nitrogens is 1. The minimum absolute atomic E-state index is 0.0588. The van der Waals surface area contributed by atoms with Gasteiger partial charge in [-0.1, -0.05) is 18.2 Å². The maximum absolute atomic E-state index is 12.5.